The molecule has 0 saturated carbocycles. The van der Waals surface area contributed by atoms with E-state index in [-0.39, 0.29) is 11.9 Å². The number of carbonyl (C=O) groups excluding carboxylic acids is 1. The molecule has 0 radical (unpaired) electrons. The highest BCUT2D eigenvalue weighted by Crippen LogP contribution is 2.20. The predicted octanol–water partition coefficient (Wildman–Crippen LogP) is 3.89. The van der Waals surface area contributed by atoms with Crippen LogP contribution in [-0.2, 0) is 0 Å². The number of amides is 1. The highest BCUT2D eigenvalue weighted by molar-refractivity contribution is 9.09. The van der Waals surface area contributed by atoms with Crippen molar-refractivity contribution in [1.29, 1.82) is 0 Å². The van der Waals surface area contributed by atoms with Crippen LogP contribution < -0.4 is 5.32 Å². The molecular weight excluding hydrogens is 306 g/mol. The molecule has 4 heteroatoms. The quantitative estimate of drug-likeness (QED) is 0.867. The zero-order chi connectivity index (χ0) is 14.0. The van der Waals surface area contributed by atoms with Crippen molar-refractivity contribution in [2.24, 2.45) is 5.92 Å². The van der Waals surface area contributed by atoms with Gasteiger partial charge in [-0.3, -0.25) is 4.79 Å². The largest absolute Gasteiger partial charge is 0.451 e. The van der Waals surface area contributed by atoms with Crippen molar-refractivity contribution in [3.63, 3.8) is 0 Å². The molecule has 0 aliphatic rings. The summed E-state index contributed by atoms with van der Waals surface area (Å²) < 4.78 is 5.58. The Balaban J connectivity index is 2.17. The Bertz CT molecular complexity index is 591. The predicted molar refractivity (Wildman–Crippen MR) is 80.8 cm³/mol. The molecule has 0 fully saturated rings. The SMILES string of the molecule is Cc1ccc2oc(C(=O)NC(C)C(C)CBr)cc2c1. The third kappa shape index (κ3) is 3.18. The summed E-state index contributed by atoms with van der Waals surface area (Å²) in [5.41, 5.74) is 1.90. The van der Waals surface area contributed by atoms with Gasteiger partial charge in [-0.25, -0.2) is 0 Å². The maximum atomic E-state index is 12.1. The topological polar surface area (TPSA) is 42.2 Å². The van der Waals surface area contributed by atoms with E-state index in [1.807, 2.05) is 32.0 Å². The van der Waals surface area contributed by atoms with E-state index in [1.165, 1.54) is 0 Å². The summed E-state index contributed by atoms with van der Waals surface area (Å²) in [6.07, 6.45) is 0. The molecule has 1 amide bonds. The first-order valence-corrected chi connectivity index (χ1v) is 7.50. The molecule has 102 valence electrons. The third-order valence-electron chi connectivity index (χ3n) is 3.35. The summed E-state index contributed by atoms with van der Waals surface area (Å²) in [5, 5.41) is 4.78. The van der Waals surface area contributed by atoms with Gasteiger partial charge in [0.15, 0.2) is 5.76 Å². The van der Waals surface area contributed by atoms with Crippen molar-refractivity contribution in [3.8, 4) is 0 Å². The van der Waals surface area contributed by atoms with Crippen LogP contribution in [0.3, 0.4) is 0 Å². The van der Waals surface area contributed by atoms with Crippen molar-refractivity contribution in [2.45, 2.75) is 26.8 Å². The highest BCUT2D eigenvalue weighted by atomic mass is 79.9. The van der Waals surface area contributed by atoms with E-state index in [0.717, 1.165) is 21.9 Å². The van der Waals surface area contributed by atoms with Crippen LogP contribution in [0.2, 0.25) is 0 Å². The van der Waals surface area contributed by atoms with Crippen molar-refractivity contribution < 1.29 is 9.21 Å². The number of fused-ring (bicyclic) bond motifs is 1. The molecule has 2 rings (SSSR count). The van der Waals surface area contributed by atoms with Gasteiger partial charge in [-0.15, -0.1) is 0 Å². The number of aryl methyl sites for hydroxylation is 1. The maximum absolute atomic E-state index is 12.1. The van der Waals surface area contributed by atoms with Crippen LogP contribution >= 0.6 is 15.9 Å². The van der Waals surface area contributed by atoms with Crippen molar-refractivity contribution in [2.75, 3.05) is 5.33 Å². The molecule has 0 aliphatic carbocycles. The fraction of sp³-hybridized carbons (Fsp3) is 0.400. The summed E-state index contributed by atoms with van der Waals surface area (Å²) in [4.78, 5) is 12.1. The fourth-order valence-corrected chi connectivity index (χ4v) is 2.39. The van der Waals surface area contributed by atoms with Crippen LogP contribution in [0.4, 0.5) is 0 Å². The van der Waals surface area contributed by atoms with Crippen LogP contribution in [-0.4, -0.2) is 17.3 Å². The van der Waals surface area contributed by atoms with Crippen LogP contribution in [0, 0.1) is 12.8 Å². The molecule has 0 aliphatic heterocycles. The standard InChI is InChI=1S/C15H18BrNO2/c1-9-4-5-13-12(6-9)7-14(19-13)15(18)17-11(3)10(2)8-16/h4-7,10-11H,8H2,1-3H3,(H,17,18). The summed E-state index contributed by atoms with van der Waals surface area (Å²) in [5.74, 6) is 0.582. The lowest BCUT2D eigenvalue weighted by Crippen LogP contribution is -2.37. The van der Waals surface area contributed by atoms with Crippen LogP contribution in [0.25, 0.3) is 11.0 Å². The van der Waals surface area contributed by atoms with E-state index >= 15 is 0 Å². The number of hydrogen-bond acceptors (Lipinski definition) is 2. The Hall–Kier alpha value is -1.29. The molecule has 2 atom stereocenters. The number of benzene rings is 1. The second-order valence-electron chi connectivity index (χ2n) is 5.05. The Kier molecular flexibility index (Phi) is 4.30. The number of furan rings is 1. The number of hydrogen-bond donors (Lipinski definition) is 1. The summed E-state index contributed by atoms with van der Waals surface area (Å²) in [6.45, 7) is 6.10. The molecule has 19 heavy (non-hydrogen) atoms. The Morgan fingerprint density at radius 1 is 1.37 bits per heavy atom. The number of alkyl halides is 1. The molecule has 1 aromatic heterocycles. The summed E-state index contributed by atoms with van der Waals surface area (Å²) in [6, 6.07) is 7.78. The average Bonchev–Trinajstić information content (AvgIpc) is 2.80. The molecule has 0 bridgehead atoms. The molecule has 3 nitrogen and oxygen atoms in total. The molecule has 0 saturated heterocycles. The average molecular weight is 324 g/mol. The Morgan fingerprint density at radius 3 is 2.79 bits per heavy atom. The molecule has 0 spiro atoms. The van der Waals surface area contributed by atoms with E-state index in [0.29, 0.717) is 11.7 Å². The Morgan fingerprint density at radius 2 is 2.11 bits per heavy atom. The van der Waals surface area contributed by atoms with Gasteiger partial charge < -0.3 is 9.73 Å². The van der Waals surface area contributed by atoms with Crippen LogP contribution in [0.15, 0.2) is 28.7 Å². The molecule has 2 aromatic rings. The smallest absolute Gasteiger partial charge is 0.287 e. The molecule has 1 aromatic carbocycles. The zero-order valence-electron chi connectivity index (χ0n) is 11.4. The molecular formula is C15H18BrNO2. The van der Waals surface area contributed by atoms with Gasteiger partial charge in [-0.05, 0) is 38.0 Å². The normalized spacial score (nSPS) is 14.3. The van der Waals surface area contributed by atoms with Gasteiger partial charge in [0.1, 0.15) is 5.58 Å². The zero-order valence-corrected chi connectivity index (χ0v) is 13.0. The van der Waals surface area contributed by atoms with Gasteiger partial charge in [-0.2, -0.15) is 0 Å². The van der Waals surface area contributed by atoms with Gasteiger partial charge in [0, 0.05) is 16.8 Å². The van der Waals surface area contributed by atoms with E-state index < -0.39 is 0 Å². The van der Waals surface area contributed by atoms with Crippen LogP contribution in [0.5, 0.6) is 0 Å². The summed E-state index contributed by atoms with van der Waals surface area (Å²) >= 11 is 3.42. The second-order valence-corrected chi connectivity index (χ2v) is 5.69. The number of carbonyl (C=O) groups is 1. The van der Waals surface area contributed by atoms with Gasteiger partial charge >= 0.3 is 0 Å². The number of rotatable bonds is 4. The van der Waals surface area contributed by atoms with E-state index in [2.05, 4.69) is 28.2 Å². The van der Waals surface area contributed by atoms with E-state index in [1.54, 1.807) is 6.07 Å². The van der Waals surface area contributed by atoms with Crippen molar-refractivity contribution in [1.82, 2.24) is 5.32 Å². The maximum Gasteiger partial charge on any atom is 0.287 e. The van der Waals surface area contributed by atoms with E-state index in [9.17, 15) is 4.79 Å². The lowest BCUT2D eigenvalue weighted by molar-refractivity contribution is 0.0905. The van der Waals surface area contributed by atoms with Crippen molar-refractivity contribution in [3.05, 3.63) is 35.6 Å². The van der Waals surface area contributed by atoms with E-state index in [4.69, 9.17) is 4.42 Å². The van der Waals surface area contributed by atoms with Crippen molar-refractivity contribution >= 4 is 32.8 Å². The third-order valence-corrected chi connectivity index (χ3v) is 4.37. The Labute approximate surface area is 121 Å². The minimum Gasteiger partial charge on any atom is -0.451 e. The first kappa shape index (κ1) is 14.1. The van der Waals surface area contributed by atoms with Gasteiger partial charge in [0.05, 0.1) is 0 Å². The van der Waals surface area contributed by atoms with Gasteiger partial charge in [-0.1, -0.05) is 34.5 Å². The van der Waals surface area contributed by atoms with Gasteiger partial charge in [0.25, 0.3) is 5.91 Å². The lowest BCUT2D eigenvalue weighted by Gasteiger charge is -2.18. The first-order chi connectivity index (χ1) is 9.01. The fourth-order valence-electron chi connectivity index (χ4n) is 1.83. The molecule has 2 unspecified atom stereocenters. The monoisotopic (exact) mass is 323 g/mol. The summed E-state index contributed by atoms with van der Waals surface area (Å²) in [7, 11) is 0. The lowest BCUT2D eigenvalue weighted by atomic mass is 10.1. The number of nitrogens with one attached hydrogen (secondary N) is 1. The van der Waals surface area contributed by atoms with Gasteiger partial charge in [0.2, 0.25) is 0 Å². The minimum absolute atomic E-state index is 0.0989. The number of halogens is 1. The highest BCUT2D eigenvalue weighted by Gasteiger charge is 2.17. The van der Waals surface area contributed by atoms with Crippen LogP contribution in [0.1, 0.15) is 30.0 Å². The first-order valence-electron chi connectivity index (χ1n) is 6.38. The molecule has 1 heterocycles. The molecule has 1 N–H and O–H groups in total. The minimum atomic E-state index is -0.158. The second kappa shape index (κ2) is 5.78.